The number of aldehydes is 1. The Hall–Kier alpha value is -0.180. The molecule has 4 nitrogen and oxygen atoms in total. The molecule has 80 valence electrons. The van der Waals surface area contributed by atoms with Crippen LogP contribution < -0.4 is 0 Å². The van der Waals surface area contributed by atoms with Crippen molar-refractivity contribution in [3.63, 3.8) is 0 Å². The van der Waals surface area contributed by atoms with Crippen molar-refractivity contribution < 1.29 is 18.4 Å². The highest BCUT2D eigenvalue weighted by Gasteiger charge is 2.38. The average molecular weight is 218 g/mol. The summed E-state index contributed by atoms with van der Waals surface area (Å²) in [7, 11) is -2.95. The van der Waals surface area contributed by atoms with E-state index >= 15 is 0 Å². The van der Waals surface area contributed by atoms with Crippen LogP contribution in [0.15, 0.2) is 0 Å². The smallest absolute Gasteiger partial charge is 0.305 e. The van der Waals surface area contributed by atoms with Crippen LogP contribution in [-0.2, 0) is 18.4 Å². The molecule has 0 unspecified atom stereocenters. The van der Waals surface area contributed by atoms with Gasteiger partial charge in [0, 0.05) is 6.42 Å². The summed E-state index contributed by atoms with van der Waals surface area (Å²) < 4.78 is 22.8. The first-order chi connectivity index (χ1) is 6.72. The number of carbonyl (C=O) groups excluding carboxylic acids is 1. The van der Waals surface area contributed by atoms with Crippen molar-refractivity contribution in [3.05, 3.63) is 0 Å². The van der Waals surface area contributed by atoms with Crippen LogP contribution in [-0.4, -0.2) is 24.7 Å². The standard InChI is InChI=1S/C9H15O4P/c10-6-1-7-14(11,12-8-2-3-8)13-9-4-5-9/h6,8-9H,1-5,7H2. The minimum Gasteiger partial charge on any atom is -0.305 e. The molecule has 2 fully saturated rings. The molecule has 2 rings (SSSR count). The zero-order valence-electron chi connectivity index (χ0n) is 8.05. The molecule has 0 spiro atoms. The predicted molar refractivity (Wildman–Crippen MR) is 51.4 cm³/mol. The zero-order chi connectivity index (χ0) is 10.0. The molecule has 0 atom stereocenters. The molecule has 0 aromatic carbocycles. The van der Waals surface area contributed by atoms with E-state index in [0.29, 0.717) is 0 Å². The summed E-state index contributed by atoms with van der Waals surface area (Å²) in [6.45, 7) is 0. The molecule has 0 radical (unpaired) electrons. The van der Waals surface area contributed by atoms with E-state index in [4.69, 9.17) is 9.05 Å². The number of carbonyl (C=O) groups is 1. The fourth-order valence-electron chi connectivity index (χ4n) is 1.14. The Morgan fingerprint density at radius 1 is 1.14 bits per heavy atom. The van der Waals surface area contributed by atoms with Gasteiger partial charge in [0.15, 0.2) is 0 Å². The third-order valence-corrected chi connectivity index (χ3v) is 4.23. The van der Waals surface area contributed by atoms with Crippen molar-refractivity contribution in [1.29, 1.82) is 0 Å². The van der Waals surface area contributed by atoms with Gasteiger partial charge < -0.3 is 13.8 Å². The Bertz CT molecular complexity index is 240. The van der Waals surface area contributed by atoms with Gasteiger partial charge in [-0.1, -0.05) is 0 Å². The molecule has 0 heterocycles. The first-order valence-electron chi connectivity index (χ1n) is 5.11. The second kappa shape index (κ2) is 4.13. The van der Waals surface area contributed by atoms with Crippen LogP contribution in [0.25, 0.3) is 0 Å². The van der Waals surface area contributed by atoms with Crippen LogP contribution in [0, 0.1) is 0 Å². The summed E-state index contributed by atoms with van der Waals surface area (Å²) in [4.78, 5) is 10.2. The maximum atomic E-state index is 12.1. The molecule has 0 bridgehead atoms. The molecule has 2 saturated carbocycles. The molecule has 0 aliphatic heterocycles. The molecule has 0 saturated heterocycles. The normalized spacial score (nSPS) is 22.3. The summed E-state index contributed by atoms with van der Waals surface area (Å²) in [6, 6.07) is 0. The molecular formula is C9H15O4P. The van der Waals surface area contributed by atoms with Crippen molar-refractivity contribution >= 4 is 13.9 Å². The van der Waals surface area contributed by atoms with Gasteiger partial charge in [0.05, 0.1) is 18.4 Å². The van der Waals surface area contributed by atoms with Crippen molar-refractivity contribution in [2.24, 2.45) is 0 Å². The van der Waals surface area contributed by atoms with E-state index < -0.39 is 7.60 Å². The molecule has 5 heteroatoms. The molecule has 0 N–H and O–H groups in total. The minimum atomic E-state index is -2.95. The van der Waals surface area contributed by atoms with Gasteiger partial charge in [-0.15, -0.1) is 0 Å². The van der Waals surface area contributed by atoms with Crippen molar-refractivity contribution in [2.45, 2.75) is 44.3 Å². The quantitative estimate of drug-likeness (QED) is 0.485. The van der Waals surface area contributed by atoms with E-state index in [1.807, 2.05) is 0 Å². The third-order valence-electron chi connectivity index (χ3n) is 2.19. The van der Waals surface area contributed by atoms with Crippen molar-refractivity contribution in [3.8, 4) is 0 Å². The van der Waals surface area contributed by atoms with Gasteiger partial charge in [-0.25, -0.2) is 0 Å². The molecule has 0 aromatic heterocycles. The Morgan fingerprint density at radius 2 is 1.64 bits per heavy atom. The Morgan fingerprint density at radius 3 is 2.00 bits per heavy atom. The van der Waals surface area contributed by atoms with Gasteiger partial charge >= 0.3 is 7.60 Å². The lowest BCUT2D eigenvalue weighted by Gasteiger charge is -2.16. The van der Waals surface area contributed by atoms with Crippen molar-refractivity contribution in [2.75, 3.05) is 6.16 Å². The highest BCUT2D eigenvalue weighted by molar-refractivity contribution is 7.53. The van der Waals surface area contributed by atoms with Crippen LogP contribution in [0.2, 0.25) is 0 Å². The van der Waals surface area contributed by atoms with Crippen LogP contribution in [0.3, 0.4) is 0 Å². The maximum absolute atomic E-state index is 12.1. The zero-order valence-corrected chi connectivity index (χ0v) is 8.95. The fraction of sp³-hybridized carbons (Fsp3) is 0.889. The van der Waals surface area contributed by atoms with Gasteiger partial charge in [0.1, 0.15) is 6.29 Å². The molecule has 2 aliphatic carbocycles. The largest absolute Gasteiger partial charge is 0.331 e. The number of rotatable bonds is 7. The fourth-order valence-corrected chi connectivity index (χ4v) is 3.15. The Labute approximate surface area is 83.5 Å². The molecule has 0 aromatic rings. The first kappa shape index (κ1) is 10.3. The second-order valence-corrected chi connectivity index (χ2v) is 5.99. The van der Waals surface area contributed by atoms with Gasteiger partial charge in [-0.3, -0.25) is 4.57 Å². The van der Waals surface area contributed by atoms with Crippen molar-refractivity contribution in [1.82, 2.24) is 0 Å². The summed E-state index contributed by atoms with van der Waals surface area (Å²) >= 11 is 0. The van der Waals surface area contributed by atoms with Crippen LogP contribution in [0.4, 0.5) is 0 Å². The number of hydrogen-bond acceptors (Lipinski definition) is 4. The molecule has 14 heavy (non-hydrogen) atoms. The van der Waals surface area contributed by atoms with Gasteiger partial charge in [-0.2, -0.15) is 0 Å². The topological polar surface area (TPSA) is 52.6 Å². The minimum absolute atomic E-state index is 0.117. The van der Waals surface area contributed by atoms with Gasteiger partial charge in [-0.05, 0) is 25.7 Å². The summed E-state index contributed by atoms with van der Waals surface area (Å²) in [5.74, 6) is 0. The monoisotopic (exact) mass is 218 g/mol. The van der Waals surface area contributed by atoms with Crippen LogP contribution >= 0.6 is 7.60 Å². The Kier molecular flexibility index (Phi) is 3.05. The molecule has 0 amide bonds. The first-order valence-corrected chi connectivity index (χ1v) is 6.84. The highest BCUT2D eigenvalue weighted by Crippen LogP contribution is 2.56. The van der Waals surface area contributed by atoms with Gasteiger partial charge in [0.2, 0.25) is 0 Å². The lowest BCUT2D eigenvalue weighted by Crippen LogP contribution is -2.03. The molecular weight excluding hydrogens is 203 g/mol. The van der Waals surface area contributed by atoms with E-state index in [1.54, 1.807) is 0 Å². The highest BCUT2D eigenvalue weighted by atomic mass is 31.2. The molecule has 2 aliphatic rings. The Balaban J connectivity index is 1.86. The summed E-state index contributed by atoms with van der Waals surface area (Å²) in [5, 5.41) is 0. The van der Waals surface area contributed by atoms with E-state index in [2.05, 4.69) is 0 Å². The lowest BCUT2D eigenvalue weighted by molar-refractivity contribution is -0.107. The van der Waals surface area contributed by atoms with E-state index in [1.165, 1.54) is 0 Å². The maximum Gasteiger partial charge on any atom is 0.331 e. The predicted octanol–water partition coefficient (Wildman–Crippen LogP) is 2.13. The van der Waals surface area contributed by atoms with Crippen LogP contribution in [0.1, 0.15) is 32.1 Å². The van der Waals surface area contributed by atoms with E-state index in [9.17, 15) is 9.36 Å². The second-order valence-electron chi connectivity index (χ2n) is 3.90. The summed E-state index contributed by atoms with van der Waals surface area (Å²) in [5.41, 5.74) is 0. The van der Waals surface area contributed by atoms with E-state index in [-0.39, 0.29) is 24.8 Å². The number of hydrogen-bond donors (Lipinski definition) is 0. The third kappa shape index (κ3) is 3.19. The SMILES string of the molecule is O=CCCP(=O)(OC1CC1)OC1CC1. The lowest BCUT2D eigenvalue weighted by atomic mass is 10.6. The van der Waals surface area contributed by atoms with Gasteiger partial charge in [0.25, 0.3) is 0 Å². The summed E-state index contributed by atoms with van der Waals surface area (Å²) in [6.07, 6.45) is 5.38. The average Bonchev–Trinajstić information content (AvgIpc) is 2.98. The van der Waals surface area contributed by atoms with E-state index in [0.717, 1.165) is 32.0 Å². The van der Waals surface area contributed by atoms with Crippen LogP contribution in [0.5, 0.6) is 0 Å².